The number of carbonyl (C=O) groups is 1. The maximum absolute atomic E-state index is 11.9. The summed E-state index contributed by atoms with van der Waals surface area (Å²) in [7, 11) is 0. The van der Waals surface area contributed by atoms with Crippen LogP contribution in [0.4, 0.5) is 13.2 Å². The highest BCUT2D eigenvalue weighted by atomic mass is 32.2. The smallest absolute Gasteiger partial charge is 0.390 e. The minimum Gasteiger partial charge on any atom is -0.481 e. The van der Waals surface area contributed by atoms with Crippen LogP contribution in [0.2, 0.25) is 0 Å². The van der Waals surface area contributed by atoms with E-state index in [1.165, 1.54) is 4.57 Å². The number of hydrogen-bond acceptors (Lipinski definition) is 4. The van der Waals surface area contributed by atoms with Gasteiger partial charge in [-0.1, -0.05) is 11.8 Å². The molecule has 0 aliphatic rings. The Morgan fingerprint density at radius 3 is 2.81 bits per heavy atom. The highest BCUT2D eigenvalue weighted by Crippen LogP contribution is 2.22. The second kappa shape index (κ2) is 5.19. The van der Waals surface area contributed by atoms with E-state index in [4.69, 9.17) is 5.11 Å². The molecule has 1 aromatic rings. The van der Waals surface area contributed by atoms with Gasteiger partial charge in [0, 0.05) is 6.54 Å². The number of rotatable bonds is 5. The number of carboxylic acids is 1. The van der Waals surface area contributed by atoms with E-state index in [9.17, 15) is 18.0 Å². The minimum atomic E-state index is -4.25. The molecule has 90 valence electrons. The van der Waals surface area contributed by atoms with E-state index < -0.39 is 18.6 Å². The quantitative estimate of drug-likeness (QED) is 0.805. The summed E-state index contributed by atoms with van der Waals surface area (Å²) in [5.41, 5.74) is 0. The van der Waals surface area contributed by atoms with Crippen molar-refractivity contribution < 1.29 is 23.1 Å². The Morgan fingerprint density at radius 2 is 2.25 bits per heavy atom. The number of aromatic nitrogens is 3. The molecule has 1 rings (SSSR count). The van der Waals surface area contributed by atoms with E-state index in [1.54, 1.807) is 0 Å². The largest absolute Gasteiger partial charge is 0.481 e. The Balaban J connectivity index is 2.53. The van der Waals surface area contributed by atoms with Crippen LogP contribution in [0.5, 0.6) is 0 Å². The van der Waals surface area contributed by atoms with E-state index in [2.05, 4.69) is 10.2 Å². The average Bonchev–Trinajstić information content (AvgIpc) is 2.57. The molecule has 0 saturated heterocycles. The van der Waals surface area contributed by atoms with Crippen LogP contribution in [0.15, 0.2) is 11.5 Å². The first-order valence-corrected chi connectivity index (χ1v) is 5.16. The van der Waals surface area contributed by atoms with Crippen molar-refractivity contribution in [1.82, 2.24) is 14.8 Å². The molecule has 0 fully saturated rings. The molecule has 1 aromatic heterocycles. The van der Waals surface area contributed by atoms with Gasteiger partial charge in [-0.15, -0.1) is 10.2 Å². The van der Waals surface area contributed by atoms with Gasteiger partial charge in [-0.05, 0) is 0 Å². The van der Waals surface area contributed by atoms with Crippen LogP contribution in [-0.2, 0) is 11.3 Å². The summed E-state index contributed by atoms with van der Waals surface area (Å²) in [6.07, 6.45) is -4.10. The lowest BCUT2D eigenvalue weighted by Gasteiger charge is -2.07. The molecule has 0 aromatic carbocycles. The van der Waals surface area contributed by atoms with E-state index in [0.717, 1.165) is 18.1 Å². The zero-order valence-corrected chi connectivity index (χ0v) is 8.75. The van der Waals surface area contributed by atoms with Gasteiger partial charge in [0.15, 0.2) is 5.16 Å². The zero-order valence-electron chi connectivity index (χ0n) is 7.94. The number of halogens is 3. The first-order valence-electron chi connectivity index (χ1n) is 4.17. The van der Waals surface area contributed by atoms with Gasteiger partial charge < -0.3 is 9.67 Å². The summed E-state index contributed by atoms with van der Waals surface area (Å²) in [5.74, 6) is -1.32. The molecule has 5 nitrogen and oxygen atoms in total. The molecule has 0 aliphatic carbocycles. The number of hydrogen-bond donors (Lipinski definition) is 1. The highest BCUT2D eigenvalue weighted by molar-refractivity contribution is 7.99. The van der Waals surface area contributed by atoms with Crippen molar-refractivity contribution in [3.05, 3.63) is 6.33 Å². The fourth-order valence-electron chi connectivity index (χ4n) is 0.883. The third-order valence-electron chi connectivity index (χ3n) is 1.54. The molecule has 0 bridgehead atoms. The van der Waals surface area contributed by atoms with Crippen LogP contribution in [0.1, 0.15) is 6.42 Å². The van der Waals surface area contributed by atoms with Crippen molar-refractivity contribution in [3.63, 3.8) is 0 Å². The van der Waals surface area contributed by atoms with Crippen molar-refractivity contribution in [2.45, 2.75) is 24.3 Å². The summed E-state index contributed by atoms with van der Waals surface area (Å²) >= 11 is 0.835. The zero-order chi connectivity index (χ0) is 12.2. The first kappa shape index (κ1) is 12.8. The van der Waals surface area contributed by atoms with Crippen molar-refractivity contribution in [3.8, 4) is 0 Å². The summed E-state index contributed by atoms with van der Waals surface area (Å²) in [6, 6.07) is 0. The lowest BCUT2D eigenvalue weighted by molar-refractivity contribution is -0.137. The monoisotopic (exact) mass is 255 g/mol. The summed E-state index contributed by atoms with van der Waals surface area (Å²) in [5, 5.41) is 15.5. The topological polar surface area (TPSA) is 68.0 Å². The van der Waals surface area contributed by atoms with Gasteiger partial charge in [0.2, 0.25) is 0 Å². The normalized spacial score (nSPS) is 11.7. The molecule has 0 unspecified atom stereocenters. The van der Waals surface area contributed by atoms with E-state index in [-0.39, 0.29) is 17.5 Å². The van der Waals surface area contributed by atoms with Gasteiger partial charge >= 0.3 is 12.1 Å². The molecule has 0 aliphatic heterocycles. The number of nitrogens with zero attached hydrogens (tertiary/aromatic N) is 3. The Labute approximate surface area is 92.7 Å². The highest BCUT2D eigenvalue weighted by Gasteiger charge is 2.27. The fraction of sp³-hybridized carbons (Fsp3) is 0.571. The Bertz CT molecular complexity index is 366. The summed E-state index contributed by atoms with van der Waals surface area (Å²) < 4.78 is 37.0. The number of carboxylic acid groups (broad SMARTS) is 1. The lowest BCUT2D eigenvalue weighted by Crippen LogP contribution is -2.12. The SMILES string of the molecule is O=C(O)CSc1nncn1CCC(F)(F)F. The van der Waals surface area contributed by atoms with Gasteiger partial charge in [0.1, 0.15) is 6.33 Å². The number of alkyl halides is 3. The molecule has 0 amide bonds. The van der Waals surface area contributed by atoms with E-state index in [0.29, 0.717) is 0 Å². The minimum absolute atomic E-state index is 0.173. The lowest BCUT2D eigenvalue weighted by atomic mass is 10.4. The second-order valence-electron chi connectivity index (χ2n) is 2.85. The number of aliphatic carboxylic acids is 1. The standard InChI is InChI=1S/C7H8F3N3O2S/c8-7(9,10)1-2-13-4-11-12-6(13)16-3-5(14)15/h4H,1-3H2,(H,14,15). The van der Waals surface area contributed by atoms with Crippen molar-refractivity contribution >= 4 is 17.7 Å². The van der Waals surface area contributed by atoms with Crippen LogP contribution in [-0.4, -0.2) is 37.8 Å². The number of aryl methyl sites for hydroxylation is 1. The maximum atomic E-state index is 11.9. The van der Waals surface area contributed by atoms with Crippen LogP contribution >= 0.6 is 11.8 Å². The molecular weight excluding hydrogens is 247 g/mol. The maximum Gasteiger partial charge on any atom is 0.390 e. The summed E-state index contributed by atoms with van der Waals surface area (Å²) in [6.45, 7) is -0.307. The summed E-state index contributed by atoms with van der Waals surface area (Å²) in [4.78, 5) is 10.3. The fourth-order valence-corrected chi connectivity index (χ4v) is 1.54. The molecule has 0 radical (unpaired) electrons. The van der Waals surface area contributed by atoms with Crippen molar-refractivity contribution in [2.24, 2.45) is 0 Å². The average molecular weight is 255 g/mol. The molecule has 16 heavy (non-hydrogen) atoms. The van der Waals surface area contributed by atoms with Gasteiger partial charge in [-0.3, -0.25) is 4.79 Å². The van der Waals surface area contributed by atoms with Gasteiger partial charge in [-0.25, -0.2) is 0 Å². The molecule has 0 saturated carbocycles. The van der Waals surface area contributed by atoms with Crippen molar-refractivity contribution in [2.75, 3.05) is 5.75 Å². The Kier molecular flexibility index (Phi) is 4.16. The van der Waals surface area contributed by atoms with Crippen LogP contribution < -0.4 is 0 Å². The molecule has 1 heterocycles. The molecule has 0 atom stereocenters. The number of thioether (sulfide) groups is 1. The van der Waals surface area contributed by atoms with Crippen molar-refractivity contribution in [1.29, 1.82) is 0 Å². The predicted molar refractivity (Wildman–Crippen MR) is 49.1 cm³/mol. The first-order chi connectivity index (χ1) is 7.38. The van der Waals surface area contributed by atoms with Crippen LogP contribution in [0.3, 0.4) is 0 Å². The molecule has 0 spiro atoms. The Morgan fingerprint density at radius 1 is 1.56 bits per heavy atom. The van der Waals surface area contributed by atoms with Gasteiger partial charge in [0.25, 0.3) is 0 Å². The molecule has 1 N–H and O–H groups in total. The third kappa shape index (κ3) is 4.51. The van der Waals surface area contributed by atoms with Gasteiger partial charge in [-0.2, -0.15) is 13.2 Å². The second-order valence-corrected chi connectivity index (χ2v) is 3.80. The molecular formula is C7H8F3N3O2S. The van der Waals surface area contributed by atoms with Gasteiger partial charge in [0.05, 0.1) is 12.2 Å². The van der Waals surface area contributed by atoms with Crippen LogP contribution in [0.25, 0.3) is 0 Å². The third-order valence-corrected chi connectivity index (χ3v) is 2.51. The van der Waals surface area contributed by atoms with Crippen LogP contribution in [0, 0.1) is 0 Å². The predicted octanol–water partition coefficient (Wildman–Crippen LogP) is 1.41. The van der Waals surface area contributed by atoms with E-state index >= 15 is 0 Å². The Hall–Kier alpha value is -1.25. The van der Waals surface area contributed by atoms with E-state index in [1.807, 2.05) is 0 Å². The molecule has 9 heteroatoms.